The van der Waals surface area contributed by atoms with Crippen LogP contribution in [0.2, 0.25) is 5.02 Å². The fraction of sp³-hybridized carbons (Fsp3) is 0.227. The molecule has 3 aromatic rings. The second-order valence-corrected chi connectivity index (χ2v) is 10.3. The van der Waals surface area contributed by atoms with Crippen molar-refractivity contribution in [1.29, 1.82) is 0 Å². The number of halogens is 5. The highest BCUT2D eigenvalue weighted by molar-refractivity contribution is 8.10. The number of rotatable bonds is 4. The van der Waals surface area contributed by atoms with Crippen LogP contribution < -0.4 is 10.0 Å². The summed E-state index contributed by atoms with van der Waals surface area (Å²) in [5.74, 6) is 3.59. The van der Waals surface area contributed by atoms with Gasteiger partial charge in [0.1, 0.15) is 11.5 Å². The minimum Gasteiger partial charge on any atom is -0.329 e. The predicted octanol–water partition coefficient (Wildman–Crippen LogP) is 6.37. The Kier molecular flexibility index (Phi) is 8.83. The van der Waals surface area contributed by atoms with Crippen LogP contribution in [0.1, 0.15) is 23.0 Å². The Labute approximate surface area is 206 Å². The Balaban J connectivity index is 0.000000248. The third kappa shape index (κ3) is 6.86. The number of hydrogen-bond acceptors (Lipinski definition) is 5. The second kappa shape index (κ2) is 11.4. The van der Waals surface area contributed by atoms with Crippen LogP contribution in [0, 0.1) is 5.82 Å². The van der Waals surface area contributed by atoms with E-state index in [1.54, 1.807) is 11.3 Å². The molecule has 0 spiro atoms. The minimum atomic E-state index is -4.40. The molecule has 1 aliphatic rings. The lowest BCUT2D eigenvalue weighted by Gasteiger charge is -2.32. The quantitative estimate of drug-likeness (QED) is 0.233. The molecule has 1 aromatic carbocycles. The molecule has 4 rings (SSSR count). The van der Waals surface area contributed by atoms with Crippen molar-refractivity contribution >= 4 is 51.8 Å². The predicted molar refractivity (Wildman–Crippen MR) is 131 cm³/mol. The van der Waals surface area contributed by atoms with E-state index in [4.69, 9.17) is 11.6 Å². The van der Waals surface area contributed by atoms with E-state index in [0.717, 1.165) is 23.9 Å². The summed E-state index contributed by atoms with van der Waals surface area (Å²) in [6, 6.07) is 10.7. The largest absolute Gasteiger partial charge is 0.433 e. The minimum absolute atomic E-state index is 0.00292. The van der Waals surface area contributed by atoms with Gasteiger partial charge in [-0.15, -0.1) is 11.3 Å². The highest BCUT2D eigenvalue weighted by atomic mass is 35.5. The average Bonchev–Trinajstić information content (AvgIpc) is 3.29. The molecule has 0 saturated carbocycles. The van der Waals surface area contributed by atoms with Crippen molar-refractivity contribution in [2.45, 2.75) is 18.6 Å². The Morgan fingerprint density at radius 3 is 2.65 bits per heavy atom. The maximum Gasteiger partial charge on any atom is 0.433 e. The van der Waals surface area contributed by atoms with Crippen LogP contribution >= 0.6 is 33.8 Å². The molecule has 2 atom stereocenters. The molecule has 0 aliphatic carbocycles. The molecule has 1 fully saturated rings. The zero-order valence-corrected chi connectivity index (χ0v) is 20.3. The van der Waals surface area contributed by atoms with Gasteiger partial charge < -0.3 is 5.32 Å². The van der Waals surface area contributed by atoms with E-state index in [1.807, 2.05) is 19.2 Å². The van der Waals surface area contributed by atoms with Crippen LogP contribution in [0.15, 0.2) is 48.7 Å². The summed E-state index contributed by atoms with van der Waals surface area (Å²) in [4.78, 5) is 15.5. The lowest BCUT2D eigenvalue weighted by Crippen LogP contribution is -2.32. The molecule has 1 unspecified atom stereocenters. The van der Waals surface area contributed by atoms with Gasteiger partial charge in [0.25, 0.3) is 0 Å². The molecular formula is C22H21ClF4N4OS2. The molecule has 1 amide bonds. The first-order chi connectivity index (χ1) is 16.1. The molecule has 34 heavy (non-hydrogen) atoms. The molecule has 182 valence electrons. The van der Waals surface area contributed by atoms with Gasteiger partial charge in [0.05, 0.1) is 11.1 Å². The number of pyridine rings is 1. The molecule has 0 bridgehead atoms. The van der Waals surface area contributed by atoms with Gasteiger partial charge >= 0.3 is 6.18 Å². The van der Waals surface area contributed by atoms with Gasteiger partial charge in [-0.3, -0.25) is 9.78 Å². The number of hydrogen-bond donors (Lipinski definition) is 2. The van der Waals surface area contributed by atoms with E-state index in [1.165, 1.54) is 35.3 Å². The van der Waals surface area contributed by atoms with E-state index in [2.05, 4.69) is 25.2 Å². The summed E-state index contributed by atoms with van der Waals surface area (Å²) >= 11 is 7.00. The summed E-state index contributed by atoms with van der Waals surface area (Å²) in [6.07, 6.45) is -1.63. The molecule has 2 aromatic heterocycles. The number of amides is 1. The summed E-state index contributed by atoms with van der Waals surface area (Å²) in [5, 5.41) is 2.34. The highest BCUT2D eigenvalue weighted by Gasteiger charge is 2.32. The van der Waals surface area contributed by atoms with Gasteiger partial charge in [-0.25, -0.2) is 13.4 Å². The Hall–Kier alpha value is -2.31. The maximum atomic E-state index is 12.6. The van der Waals surface area contributed by atoms with Crippen molar-refractivity contribution in [2.75, 3.05) is 18.9 Å². The normalized spacial score (nSPS) is 18.6. The number of carbonyl (C=O) groups is 1. The number of nitrogens with zero attached hydrogens (tertiary/aromatic N) is 2. The molecule has 3 heterocycles. The first-order valence-electron chi connectivity index (χ1n) is 9.88. The van der Waals surface area contributed by atoms with Crippen LogP contribution in [0.5, 0.6) is 0 Å². The Bertz CT molecular complexity index is 1150. The van der Waals surface area contributed by atoms with Crippen LogP contribution in [-0.2, 0) is 11.0 Å². The number of alkyl halides is 3. The summed E-state index contributed by atoms with van der Waals surface area (Å²) in [5.41, 5.74) is 0.318. The number of anilines is 1. The number of thiophene rings is 1. The van der Waals surface area contributed by atoms with Crippen LogP contribution in [0.3, 0.4) is 0 Å². The average molecular weight is 533 g/mol. The fourth-order valence-corrected chi connectivity index (χ4v) is 5.41. The van der Waals surface area contributed by atoms with Gasteiger partial charge in [-0.2, -0.15) is 13.2 Å². The standard InChI is InChI=1S/C15H16F3N3S2.C7H5ClFNO/c1-21-8-7-11(20-23(21)2)13-5-4-12(22-13)10-3-6-14(19-9-10)15(16,17)18;8-6-3-5(10-4-11)1-2-7(6)9/h3-6,9,11,20H,2,7-8H2,1H3;1-4H,(H,10,11)/t11-,23?;/m0./s1. The van der Waals surface area contributed by atoms with E-state index in [-0.39, 0.29) is 21.9 Å². The third-order valence-electron chi connectivity index (χ3n) is 4.84. The third-order valence-corrected chi connectivity index (χ3v) is 7.87. The van der Waals surface area contributed by atoms with Crippen molar-refractivity contribution in [3.63, 3.8) is 0 Å². The van der Waals surface area contributed by atoms with E-state index in [0.29, 0.717) is 17.7 Å². The van der Waals surface area contributed by atoms with Gasteiger partial charge in [0, 0.05) is 33.7 Å². The molecule has 1 saturated heterocycles. The number of nitrogens with one attached hydrogen (secondary N) is 2. The lowest BCUT2D eigenvalue weighted by molar-refractivity contribution is -0.141. The fourth-order valence-electron chi connectivity index (χ4n) is 2.99. The zero-order chi connectivity index (χ0) is 24.9. The van der Waals surface area contributed by atoms with E-state index >= 15 is 0 Å². The number of aromatic nitrogens is 1. The summed E-state index contributed by atoms with van der Waals surface area (Å²) in [6.45, 7) is 0.972. The molecule has 5 nitrogen and oxygen atoms in total. The zero-order valence-electron chi connectivity index (χ0n) is 17.9. The van der Waals surface area contributed by atoms with Gasteiger partial charge in [0.2, 0.25) is 6.41 Å². The Morgan fingerprint density at radius 1 is 1.29 bits per heavy atom. The van der Waals surface area contributed by atoms with Crippen molar-refractivity contribution in [2.24, 2.45) is 0 Å². The van der Waals surface area contributed by atoms with Crippen molar-refractivity contribution < 1.29 is 22.4 Å². The SMILES string of the molecule is C=S1N[C@H](c2ccc(-c3ccc(C(F)(F)F)nc3)s2)CCN1C.O=CNc1ccc(F)c(Cl)c1. The molecule has 1 aliphatic heterocycles. The molecule has 0 radical (unpaired) electrons. The van der Waals surface area contributed by atoms with Crippen LogP contribution in [0.4, 0.5) is 23.2 Å². The number of benzene rings is 1. The molecule has 12 heteroatoms. The molecule has 2 N–H and O–H groups in total. The van der Waals surface area contributed by atoms with Crippen LogP contribution in [-0.4, -0.2) is 35.2 Å². The first kappa shape index (κ1) is 26.3. The summed E-state index contributed by atoms with van der Waals surface area (Å²) < 4.78 is 55.8. The van der Waals surface area contributed by atoms with Gasteiger partial charge in [-0.05, 0) is 61.8 Å². The smallest absolute Gasteiger partial charge is 0.329 e. The van der Waals surface area contributed by atoms with E-state index in [9.17, 15) is 22.4 Å². The van der Waals surface area contributed by atoms with Crippen molar-refractivity contribution in [1.82, 2.24) is 14.0 Å². The van der Waals surface area contributed by atoms with Gasteiger partial charge in [0.15, 0.2) is 0 Å². The molecular weight excluding hydrogens is 512 g/mol. The summed E-state index contributed by atoms with van der Waals surface area (Å²) in [7, 11) is 1.82. The van der Waals surface area contributed by atoms with Crippen molar-refractivity contribution in [3.8, 4) is 10.4 Å². The van der Waals surface area contributed by atoms with E-state index < -0.39 is 17.7 Å². The number of carbonyl (C=O) groups excluding carboxylic acids is 1. The van der Waals surface area contributed by atoms with Crippen molar-refractivity contribution in [3.05, 3.63) is 70.1 Å². The van der Waals surface area contributed by atoms with Gasteiger partial charge in [-0.1, -0.05) is 22.5 Å². The lowest BCUT2D eigenvalue weighted by atomic mass is 10.1. The first-order valence-corrected chi connectivity index (χ1v) is 12.4. The second-order valence-electron chi connectivity index (χ2n) is 7.20. The topological polar surface area (TPSA) is 57.3 Å². The Morgan fingerprint density at radius 2 is 2.06 bits per heavy atom. The van der Waals surface area contributed by atoms with Crippen LogP contribution in [0.25, 0.3) is 10.4 Å². The monoisotopic (exact) mass is 532 g/mol. The maximum absolute atomic E-state index is 12.6. The highest BCUT2D eigenvalue weighted by Crippen LogP contribution is 2.37.